The van der Waals surface area contributed by atoms with Crippen LogP contribution in [0.2, 0.25) is 0 Å². The van der Waals surface area contributed by atoms with E-state index in [0.29, 0.717) is 12.8 Å². The van der Waals surface area contributed by atoms with Gasteiger partial charge in [-0.05, 0) is 56.2 Å². The average Bonchev–Trinajstić information content (AvgIpc) is 3.69. The van der Waals surface area contributed by atoms with E-state index in [1.807, 2.05) is 0 Å². The van der Waals surface area contributed by atoms with E-state index in [2.05, 4.69) is 20.9 Å². The molecule has 1 spiro atoms. The predicted octanol–water partition coefficient (Wildman–Crippen LogP) is 1.37. The molecule has 2 aromatic rings. The molecule has 1 aromatic heterocycles. The molecule has 9 nitrogen and oxygen atoms in total. The largest absolute Gasteiger partial charge is 0.368 e. The van der Waals surface area contributed by atoms with Crippen LogP contribution in [0.4, 0.5) is 8.78 Å². The van der Waals surface area contributed by atoms with E-state index in [0.717, 1.165) is 37.8 Å². The van der Waals surface area contributed by atoms with Crippen LogP contribution < -0.4 is 21.7 Å². The number of amides is 4. The summed E-state index contributed by atoms with van der Waals surface area (Å²) >= 11 is 0. The second kappa shape index (κ2) is 8.62. The number of carbonyl (C=O) groups is 4. The van der Waals surface area contributed by atoms with Crippen LogP contribution >= 0.6 is 0 Å². The Hall–Kier alpha value is -3.50. The molecule has 0 bridgehead atoms. The van der Waals surface area contributed by atoms with E-state index < -0.39 is 47.4 Å². The molecule has 3 atom stereocenters. The van der Waals surface area contributed by atoms with Crippen LogP contribution in [0, 0.1) is 23.5 Å². The molecule has 3 fully saturated rings. The maximum atomic E-state index is 14.0. The number of H-pyrrole nitrogens is 1. The Labute approximate surface area is 199 Å². The van der Waals surface area contributed by atoms with Crippen molar-refractivity contribution in [1.82, 2.24) is 20.9 Å². The van der Waals surface area contributed by atoms with Gasteiger partial charge in [-0.15, -0.1) is 0 Å². The zero-order chi connectivity index (χ0) is 24.9. The fourth-order valence-electron chi connectivity index (χ4n) is 4.88. The van der Waals surface area contributed by atoms with Gasteiger partial charge in [0.2, 0.25) is 17.7 Å². The maximum absolute atomic E-state index is 14.0. The average molecular weight is 488 g/mol. The molecule has 11 heteroatoms. The number of aromatic amines is 1. The van der Waals surface area contributed by atoms with Crippen molar-refractivity contribution in [1.29, 1.82) is 0 Å². The van der Waals surface area contributed by atoms with Crippen molar-refractivity contribution in [3.8, 4) is 0 Å². The molecule has 3 aliphatic rings. The highest BCUT2D eigenvalue weighted by Gasteiger charge is 2.52. The monoisotopic (exact) mass is 487 g/mol. The first-order valence-corrected chi connectivity index (χ1v) is 11.8. The molecule has 1 saturated heterocycles. The number of rotatable bonds is 9. The van der Waals surface area contributed by atoms with Gasteiger partial charge in [0.05, 0.1) is 5.52 Å². The van der Waals surface area contributed by atoms with Crippen molar-refractivity contribution >= 4 is 34.5 Å². The van der Waals surface area contributed by atoms with Gasteiger partial charge in [0.15, 0.2) is 0 Å². The number of aromatic nitrogens is 1. The van der Waals surface area contributed by atoms with Gasteiger partial charge < -0.3 is 26.7 Å². The standard InChI is InChI=1S/C24H27F2N5O4/c25-14-3-4-15(26)19-13(14)9-18(28-19)23(35)30-17(7-11-1-2-11)22(34)29-16(20(27)32)8-12-10-24(5-6-24)31-21(12)33/h3-4,9,11-12,16-17,28H,1-2,5-8,10H2,(H2,27,32)(H,29,34)(H,30,35)(H,31,33)/t12-,16?,17?/m1/s1. The van der Waals surface area contributed by atoms with Gasteiger partial charge in [0, 0.05) is 16.8 Å². The number of primary amides is 1. The Kier molecular flexibility index (Phi) is 5.72. The third-order valence-electron chi connectivity index (χ3n) is 7.25. The third-order valence-corrected chi connectivity index (χ3v) is 7.25. The fraction of sp³-hybridized carbons (Fsp3) is 0.500. The minimum absolute atomic E-state index is 0.0737. The number of nitrogens with two attached hydrogens (primary N) is 1. The summed E-state index contributed by atoms with van der Waals surface area (Å²) in [6.07, 6.45) is 4.65. The van der Waals surface area contributed by atoms with Crippen molar-refractivity contribution in [2.45, 2.75) is 62.6 Å². The van der Waals surface area contributed by atoms with Gasteiger partial charge in [-0.2, -0.15) is 0 Å². The van der Waals surface area contributed by atoms with E-state index in [9.17, 15) is 28.0 Å². The Balaban J connectivity index is 1.28. The van der Waals surface area contributed by atoms with Crippen molar-refractivity contribution < 1.29 is 28.0 Å². The number of fused-ring (bicyclic) bond motifs is 1. The summed E-state index contributed by atoms with van der Waals surface area (Å²) in [5, 5.41) is 8.10. The number of hydrogen-bond acceptors (Lipinski definition) is 4. The number of carbonyl (C=O) groups excluding carboxylic acids is 4. The van der Waals surface area contributed by atoms with Crippen molar-refractivity contribution in [3.63, 3.8) is 0 Å². The van der Waals surface area contributed by atoms with Crippen molar-refractivity contribution in [3.05, 3.63) is 35.5 Å². The van der Waals surface area contributed by atoms with E-state index in [1.54, 1.807) is 0 Å². The Morgan fingerprint density at radius 2 is 1.80 bits per heavy atom. The molecule has 186 valence electrons. The lowest BCUT2D eigenvalue weighted by atomic mass is 9.95. The molecule has 35 heavy (non-hydrogen) atoms. The molecule has 2 saturated carbocycles. The van der Waals surface area contributed by atoms with Crippen LogP contribution in [0.25, 0.3) is 10.9 Å². The van der Waals surface area contributed by atoms with Crippen LogP contribution in [-0.4, -0.2) is 46.2 Å². The normalized spacial score (nSPS) is 22.0. The summed E-state index contributed by atoms with van der Waals surface area (Å²) in [4.78, 5) is 52.9. The Bertz CT molecular complexity index is 1180. The highest BCUT2D eigenvalue weighted by Crippen LogP contribution is 2.46. The quantitative estimate of drug-likeness (QED) is 0.364. The lowest BCUT2D eigenvalue weighted by Gasteiger charge is -2.23. The smallest absolute Gasteiger partial charge is 0.268 e. The maximum Gasteiger partial charge on any atom is 0.268 e. The molecule has 1 aromatic carbocycles. The number of benzene rings is 1. The summed E-state index contributed by atoms with van der Waals surface area (Å²) in [6, 6.07) is 1.06. The summed E-state index contributed by atoms with van der Waals surface area (Å²) in [5.74, 6) is -3.79. The zero-order valence-electron chi connectivity index (χ0n) is 19.0. The molecule has 0 radical (unpaired) electrons. The molecule has 2 unspecified atom stereocenters. The van der Waals surface area contributed by atoms with Crippen LogP contribution in [0.15, 0.2) is 18.2 Å². The van der Waals surface area contributed by atoms with E-state index in [-0.39, 0.29) is 40.4 Å². The number of nitrogens with one attached hydrogen (secondary N) is 4. The van der Waals surface area contributed by atoms with Crippen molar-refractivity contribution in [2.75, 3.05) is 0 Å². The molecular weight excluding hydrogens is 460 g/mol. The predicted molar refractivity (Wildman–Crippen MR) is 121 cm³/mol. The summed E-state index contributed by atoms with van der Waals surface area (Å²) in [6.45, 7) is 0. The van der Waals surface area contributed by atoms with Crippen LogP contribution in [-0.2, 0) is 14.4 Å². The minimum Gasteiger partial charge on any atom is -0.368 e. The zero-order valence-corrected chi connectivity index (χ0v) is 19.0. The first kappa shape index (κ1) is 23.3. The topological polar surface area (TPSA) is 146 Å². The summed E-state index contributed by atoms with van der Waals surface area (Å²) in [5.41, 5.74) is 5.11. The van der Waals surface area contributed by atoms with Gasteiger partial charge in [-0.3, -0.25) is 19.2 Å². The first-order chi connectivity index (χ1) is 16.6. The molecule has 6 N–H and O–H groups in total. The summed E-state index contributed by atoms with van der Waals surface area (Å²) < 4.78 is 28.0. The Morgan fingerprint density at radius 3 is 2.40 bits per heavy atom. The highest BCUT2D eigenvalue weighted by molar-refractivity contribution is 6.01. The molecule has 2 aliphatic carbocycles. The van der Waals surface area contributed by atoms with Gasteiger partial charge in [0.1, 0.15) is 29.4 Å². The van der Waals surface area contributed by atoms with E-state index in [4.69, 9.17) is 5.73 Å². The molecule has 1 aliphatic heterocycles. The first-order valence-electron chi connectivity index (χ1n) is 11.8. The fourth-order valence-corrected chi connectivity index (χ4v) is 4.88. The molecule has 5 rings (SSSR count). The molecule has 4 amide bonds. The lowest BCUT2D eigenvalue weighted by molar-refractivity contribution is -0.130. The Morgan fingerprint density at radius 1 is 1.09 bits per heavy atom. The van der Waals surface area contributed by atoms with Gasteiger partial charge in [-0.25, -0.2) is 8.78 Å². The van der Waals surface area contributed by atoms with Gasteiger partial charge in [-0.1, -0.05) is 12.8 Å². The molecular formula is C24H27F2N5O4. The minimum atomic E-state index is -1.07. The van der Waals surface area contributed by atoms with Gasteiger partial charge >= 0.3 is 0 Å². The van der Waals surface area contributed by atoms with Crippen molar-refractivity contribution in [2.24, 2.45) is 17.6 Å². The second-order valence-electron chi connectivity index (χ2n) is 10.1. The van der Waals surface area contributed by atoms with Gasteiger partial charge in [0.25, 0.3) is 5.91 Å². The van der Waals surface area contributed by atoms with E-state index >= 15 is 0 Å². The van der Waals surface area contributed by atoms with E-state index in [1.165, 1.54) is 6.07 Å². The molecule has 2 heterocycles. The van der Waals surface area contributed by atoms with Crippen LogP contribution in [0.3, 0.4) is 0 Å². The number of halogens is 2. The number of hydrogen-bond donors (Lipinski definition) is 5. The summed E-state index contributed by atoms with van der Waals surface area (Å²) in [7, 11) is 0. The SMILES string of the molecule is NC(=O)C(C[C@@H]1CC2(CC2)NC1=O)NC(=O)C(CC1CC1)NC(=O)c1cc2c(F)ccc(F)c2[nH]1. The van der Waals surface area contributed by atoms with Crippen LogP contribution in [0.1, 0.15) is 55.4 Å². The second-order valence-corrected chi connectivity index (χ2v) is 10.1. The highest BCUT2D eigenvalue weighted by atomic mass is 19.1. The van der Waals surface area contributed by atoms with Crippen LogP contribution in [0.5, 0.6) is 0 Å². The lowest BCUT2D eigenvalue weighted by Crippen LogP contribution is -2.53. The third kappa shape index (κ3) is 4.85.